The summed E-state index contributed by atoms with van der Waals surface area (Å²) >= 11 is 0. The highest BCUT2D eigenvalue weighted by atomic mass is 16.5. The lowest BCUT2D eigenvalue weighted by molar-refractivity contribution is -0.142. The Bertz CT molecular complexity index is 563. The zero-order valence-electron chi connectivity index (χ0n) is 11.4. The van der Waals surface area contributed by atoms with Crippen LogP contribution in [0, 0.1) is 5.92 Å². The molecule has 1 amide bonds. The molecule has 20 heavy (non-hydrogen) atoms. The van der Waals surface area contributed by atoms with Crippen LogP contribution in [0.5, 0.6) is 5.75 Å². The zero-order valence-corrected chi connectivity index (χ0v) is 11.4. The van der Waals surface area contributed by atoms with Gasteiger partial charge >= 0.3 is 5.97 Å². The fourth-order valence-corrected chi connectivity index (χ4v) is 1.99. The number of rotatable bonds is 4. The number of carboxylic acids is 1. The molecule has 0 bridgehead atoms. The van der Waals surface area contributed by atoms with E-state index in [0.717, 1.165) is 11.3 Å². The monoisotopic (exact) mass is 275 g/mol. The standard InChI is InChI=1S/C15H17NO4/c1-9(2)13(15(18)19)16-14(17)11-7-10-5-3-4-6-12(10)20-8-11/h3-7,9,13H,8H2,1-2H3,(H,16,17)(H,18,19)/t13-/m1/s1. The maximum atomic E-state index is 12.1. The van der Waals surface area contributed by atoms with Gasteiger partial charge in [-0.3, -0.25) is 4.79 Å². The van der Waals surface area contributed by atoms with E-state index in [2.05, 4.69) is 5.32 Å². The highest BCUT2D eigenvalue weighted by Crippen LogP contribution is 2.25. The Balaban J connectivity index is 2.15. The van der Waals surface area contributed by atoms with Crippen LogP contribution < -0.4 is 10.1 Å². The third-order valence-electron chi connectivity index (χ3n) is 3.14. The van der Waals surface area contributed by atoms with Crippen LogP contribution in [0.2, 0.25) is 0 Å². The van der Waals surface area contributed by atoms with Crippen LogP contribution in [-0.4, -0.2) is 29.6 Å². The van der Waals surface area contributed by atoms with Gasteiger partial charge in [-0.25, -0.2) is 4.79 Å². The second-order valence-corrected chi connectivity index (χ2v) is 5.03. The molecule has 0 saturated heterocycles. The Kier molecular flexibility index (Phi) is 4.08. The van der Waals surface area contributed by atoms with Gasteiger partial charge in [0, 0.05) is 5.56 Å². The highest BCUT2D eigenvalue weighted by Gasteiger charge is 2.26. The fraction of sp³-hybridized carbons (Fsp3) is 0.333. The van der Waals surface area contributed by atoms with Crippen molar-refractivity contribution in [3.8, 4) is 5.75 Å². The smallest absolute Gasteiger partial charge is 0.326 e. The first-order valence-corrected chi connectivity index (χ1v) is 6.45. The summed E-state index contributed by atoms with van der Waals surface area (Å²) in [5, 5.41) is 11.6. The van der Waals surface area contributed by atoms with E-state index in [0.29, 0.717) is 5.57 Å². The minimum atomic E-state index is -1.04. The molecule has 2 rings (SSSR count). The fourth-order valence-electron chi connectivity index (χ4n) is 1.99. The number of ether oxygens (including phenoxy) is 1. The van der Waals surface area contributed by atoms with Crippen molar-refractivity contribution in [3.05, 3.63) is 35.4 Å². The van der Waals surface area contributed by atoms with Crippen LogP contribution >= 0.6 is 0 Å². The van der Waals surface area contributed by atoms with Gasteiger partial charge in [0.25, 0.3) is 5.91 Å². The molecule has 1 aliphatic rings. The Labute approximate surface area is 117 Å². The minimum Gasteiger partial charge on any atom is -0.488 e. The maximum absolute atomic E-state index is 12.1. The number of hydrogen-bond acceptors (Lipinski definition) is 3. The Morgan fingerprint density at radius 1 is 1.30 bits per heavy atom. The molecule has 2 N–H and O–H groups in total. The molecule has 0 fully saturated rings. The summed E-state index contributed by atoms with van der Waals surface area (Å²) in [4.78, 5) is 23.2. The van der Waals surface area contributed by atoms with Gasteiger partial charge in [-0.15, -0.1) is 0 Å². The number of fused-ring (bicyclic) bond motifs is 1. The number of aliphatic carboxylic acids is 1. The van der Waals surface area contributed by atoms with E-state index in [9.17, 15) is 9.59 Å². The molecule has 5 nitrogen and oxygen atoms in total. The van der Waals surface area contributed by atoms with Gasteiger partial charge in [0.05, 0.1) is 5.57 Å². The number of hydrogen-bond donors (Lipinski definition) is 2. The summed E-state index contributed by atoms with van der Waals surface area (Å²) in [5.74, 6) is -0.900. The van der Waals surface area contributed by atoms with E-state index in [1.165, 1.54) is 0 Å². The van der Waals surface area contributed by atoms with Crippen molar-refractivity contribution < 1.29 is 19.4 Å². The van der Waals surface area contributed by atoms with Crippen molar-refractivity contribution in [2.24, 2.45) is 5.92 Å². The number of amides is 1. The summed E-state index contributed by atoms with van der Waals surface area (Å²) in [6.45, 7) is 3.65. The van der Waals surface area contributed by atoms with Crippen LogP contribution in [0.3, 0.4) is 0 Å². The van der Waals surface area contributed by atoms with Gasteiger partial charge in [-0.05, 0) is 18.1 Å². The van der Waals surface area contributed by atoms with Crippen molar-refractivity contribution in [3.63, 3.8) is 0 Å². The van der Waals surface area contributed by atoms with Crippen LogP contribution in [0.4, 0.5) is 0 Å². The molecule has 0 radical (unpaired) electrons. The zero-order chi connectivity index (χ0) is 14.7. The van der Waals surface area contributed by atoms with Crippen molar-refractivity contribution in [1.29, 1.82) is 0 Å². The van der Waals surface area contributed by atoms with Gasteiger partial charge < -0.3 is 15.2 Å². The maximum Gasteiger partial charge on any atom is 0.326 e. The second kappa shape index (κ2) is 5.77. The summed E-state index contributed by atoms with van der Waals surface area (Å²) < 4.78 is 5.48. The summed E-state index contributed by atoms with van der Waals surface area (Å²) in [5.41, 5.74) is 1.25. The average Bonchev–Trinajstić information content (AvgIpc) is 2.43. The van der Waals surface area contributed by atoms with E-state index in [1.807, 2.05) is 24.3 Å². The van der Waals surface area contributed by atoms with Crippen molar-refractivity contribution in [1.82, 2.24) is 5.32 Å². The van der Waals surface area contributed by atoms with Gasteiger partial charge in [0.2, 0.25) is 0 Å². The molecule has 1 atom stereocenters. The largest absolute Gasteiger partial charge is 0.488 e. The van der Waals surface area contributed by atoms with Gasteiger partial charge in [0.1, 0.15) is 18.4 Å². The molecule has 5 heteroatoms. The molecule has 1 aliphatic heterocycles. The number of para-hydroxylation sites is 1. The first-order valence-electron chi connectivity index (χ1n) is 6.45. The van der Waals surface area contributed by atoms with E-state index < -0.39 is 17.9 Å². The average molecular weight is 275 g/mol. The van der Waals surface area contributed by atoms with Gasteiger partial charge in [0.15, 0.2) is 0 Å². The number of carboxylic acid groups (broad SMARTS) is 1. The Hall–Kier alpha value is -2.30. The minimum absolute atomic E-state index is 0.146. The van der Waals surface area contributed by atoms with Crippen LogP contribution in [0.15, 0.2) is 29.8 Å². The predicted molar refractivity (Wildman–Crippen MR) is 74.3 cm³/mol. The molecular formula is C15H17NO4. The number of carbonyl (C=O) groups is 2. The van der Waals surface area contributed by atoms with Crippen LogP contribution in [0.25, 0.3) is 6.08 Å². The summed E-state index contributed by atoms with van der Waals surface area (Å²) in [7, 11) is 0. The van der Waals surface area contributed by atoms with Crippen molar-refractivity contribution in [2.45, 2.75) is 19.9 Å². The summed E-state index contributed by atoms with van der Waals surface area (Å²) in [6.07, 6.45) is 1.73. The van der Waals surface area contributed by atoms with Crippen molar-refractivity contribution in [2.75, 3.05) is 6.61 Å². The third-order valence-corrected chi connectivity index (χ3v) is 3.14. The molecule has 0 unspecified atom stereocenters. The van der Waals surface area contributed by atoms with E-state index in [-0.39, 0.29) is 12.5 Å². The molecule has 106 valence electrons. The first-order chi connectivity index (χ1) is 9.49. The predicted octanol–water partition coefficient (Wildman–Crippen LogP) is 1.69. The number of nitrogens with one attached hydrogen (secondary N) is 1. The second-order valence-electron chi connectivity index (χ2n) is 5.03. The van der Waals surface area contributed by atoms with Gasteiger partial charge in [-0.1, -0.05) is 32.0 Å². The lowest BCUT2D eigenvalue weighted by Crippen LogP contribution is -2.45. The number of benzene rings is 1. The van der Waals surface area contributed by atoms with E-state index in [4.69, 9.17) is 9.84 Å². The quantitative estimate of drug-likeness (QED) is 0.876. The Morgan fingerprint density at radius 3 is 2.65 bits per heavy atom. The lowest BCUT2D eigenvalue weighted by atomic mass is 10.0. The third kappa shape index (κ3) is 2.99. The lowest BCUT2D eigenvalue weighted by Gasteiger charge is -2.21. The molecule has 1 heterocycles. The first kappa shape index (κ1) is 14.1. The molecule has 0 aliphatic carbocycles. The molecule has 0 aromatic heterocycles. The van der Waals surface area contributed by atoms with E-state index in [1.54, 1.807) is 19.9 Å². The van der Waals surface area contributed by atoms with E-state index >= 15 is 0 Å². The number of carbonyl (C=O) groups excluding carboxylic acids is 1. The van der Waals surface area contributed by atoms with Gasteiger partial charge in [-0.2, -0.15) is 0 Å². The molecule has 0 spiro atoms. The van der Waals surface area contributed by atoms with Crippen molar-refractivity contribution >= 4 is 18.0 Å². The molecule has 1 aromatic rings. The SMILES string of the molecule is CC(C)[C@@H](NC(=O)C1=Cc2ccccc2OC1)C(=O)O. The molecule has 0 saturated carbocycles. The highest BCUT2D eigenvalue weighted by molar-refractivity contribution is 6.00. The van der Waals surface area contributed by atoms with Crippen LogP contribution in [0.1, 0.15) is 19.4 Å². The normalized spacial score (nSPS) is 14.8. The molecular weight excluding hydrogens is 258 g/mol. The summed E-state index contributed by atoms with van der Waals surface area (Å²) in [6, 6.07) is 6.48. The topological polar surface area (TPSA) is 75.6 Å². The molecule has 1 aromatic carbocycles. The Morgan fingerprint density at radius 2 is 2.00 bits per heavy atom. The van der Waals surface area contributed by atoms with Crippen LogP contribution in [-0.2, 0) is 9.59 Å².